The van der Waals surface area contributed by atoms with Crippen molar-refractivity contribution < 1.29 is 9.84 Å². The molecule has 1 aliphatic heterocycles. The van der Waals surface area contributed by atoms with Crippen molar-refractivity contribution in [3.8, 4) is 11.5 Å². The number of hydrogen-bond donors (Lipinski definition) is 1. The molecule has 1 aliphatic rings. The van der Waals surface area contributed by atoms with Crippen molar-refractivity contribution in [2.24, 2.45) is 4.99 Å². The van der Waals surface area contributed by atoms with Gasteiger partial charge in [-0.3, -0.25) is 9.89 Å². The fourth-order valence-electron chi connectivity index (χ4n) is 2.84. The maximum atomic E-state index is 10.0. The van der Waals surface area contributed by atoms with Gasteiger partial charge in [-0.15, -0.1) is 0 Å². The van der Waals surface area contributed by atoms with E-state index in [4.69, 9.17) is 4.74 Å². The van der Waals surface area contributed by atoms with E-state index in [0.29, 0.717) is 11.3 Å². The minimum absolute atomic E-state index is 0.115. The normalized spacial score (nSPS) is 15.3. The number of hydrogen-bond acceptors (Lipinski definition) is 4. The van der Waals surface area contributed by atoms with Crippen LogP contribution < -0.4 is 4.74 Å². The van der Waals surface area contributed by atoms with Gasteiger partial charge >= 0.3 is 0 Å². The molecule has 2 aromatic rings. The molecule has 0 radical (unpaired) electrons. The summed E-state index contributed by atoms with van der Waals surface area (Å²) in [7, 11) is 1.54. The Balaban J connectivity index is 1.68. The Kier molecular flexibility index (Phi) is 4.93. The molecule has 3 rings (SSSR count). The molecule has 0 bridgehead atoms. The third-order valence-electron chi connectivity index (χ3n) is 4.14. The van der Waals surface area contributed by atoms with Crippen LogP contribution in [-0.2, 0) is 6.54 Å². The van der Waals surface area contributed by atoms with Gasteiger partial charge in [0, 0.05) is 18.3 Å². The molecule has 0 aliphatic carbocycles. The van der Waals surface area contributed by atoms with E-state index >= 15 is 0 Å². The molecule has 4 nitrogen and oxygen atoms in total. The summed E-state index contributed by atoms with van der Waals surface area (Å²) < 4.78 is 5.10. The monoisotopic (exact) mass is 310 g/mol. The smallest absolute Gasteiger partial charge is 0.166 e. The summed E-state index contributed by atoms with van der Waals surface area (Å²) in [4.78, 5) is 6.91. The highest BCUT2D eigenvalue weighted by atomic mass is 16.5. The standard InChI is InChI=1S/C19H22N2O2/c1-23-18-6-4-5-16(19(18)22)13-20-17-9-7-15(8-10-17)14-21-11-2-3-12-21/h4-10,13,22H,2-3,11-12,14H2,1H3. The van der Waals surface area contributed by atoms with Gasteiger partial charge < -0.3 is 9.84 Å². The van der Waals surface area contributed by atoms with E-state index in [1.165, 1.54) is 38.6 Å². The van der Waals surface area contributed by atoms with Gasteiger partial charge in [0.15, 0.2) is 11.5 Å². The molecule has 120 valence electrons. The molecule has 0 unspecified atom stereocenters. The fraction of sp³-hybridized carbons (Fsp3) is 0.316. The summed E-state index contributed by atoms with van der Waals surface area (Å²) in [5, 5.41) is 10.0. The molecule has 0 atom stereocenters. The predicted molar refractivity (Wildman–Crippen MR) is 92.9 cm³/mol. The van der Waals surface area contributed by atoms with Crippen molar-refractivity contribution in [3.63, 3.8) is 0 Å². The summed E-state index contributed by atoms with van der Waals surface area (Å²) in [6.45, 7) is 3.42. The lowest BCUT2D eigenvalue weighted by molar-refractivity contribution is 0.331. The Labute approximate surface area is 137 Å². The van der Waals surface area contributed by atoms with Gasteiger partial charge in [-0.1, -0.05) is 18.2 Å². The second kappa shape index (κ2) is 7.29. The van der Waals surface area contributed by atoms with Gasteiger partial charge in [0.2, 0.25) is 0 Å². The third-order valence-corrected chi connectivity index (χ3v) is 4.14. The Morgan fingerprint density at radius 1 is 1.13 bits per heavy atom. The number of ether oxygens (including phenoxy) is 1. The Bertz CT molecular complexity index is 674. The van der Waals surface area contributed by atoms with Crippen molar-refractivity contribution >= 4 is 11.9 Å². The molecule has 4 heteroatoms. The third kappa shape index (κ3) is 3.90. The zero-order valence-corrected chi connectivity index (χ0v) is 13.4. The number of benzene rings is 2. The average Bonchev–Trinajstić information content (AvgIpc) is 3.08. The van der Waals surface area contributed by atoms with Crippen LogP contribution in [0.1, 0.15) is 24.0 Å². The van der Waals surface area contributed by atoms with Crippen molar-refractivity contribution in [2.75, 3.05) is 20.2 Å². The summed E-state index contributed by atoms with van der Waals surface area (Å²) in [6.07, 6.45) is 4.28. The van der Waals surface area contributed by atoms with Crippen LogP contribution in [0.15, 0.2) is 47.5 Å². The second-order valence-electron chi connectivity index (χ2n) is 5.81. The van der Waals surface area contributed by atoms with Crippen LogP contribution >= 0.6 is 0 Å². The lowest BCUT2D eigenvalue weighted by Crippen LogP contribution is -2.18. The van der Waals surface area contributed by atoms with Crippen LogP contribution in [0.4, 0.5) is 5.69 Å². The summed E-state index contributed by atoms with van der Waals surface area (Å²) >= 11 is 0. The van der Waals surface area contributed by atoms with E-state index in [2.05, 4.69) is 22.0 Å². The number of aliphatic imine (C=N–C) groups is 1. The highest BCUT2D eigenvalue weighted by Gasteiger charge is 2.11. The van der Waals surface area contributed by atoms with Crippen LogP contribution in [0, 0.1) is 0 Å². The van der Waals surface area contributed by atoms with Gasteiger partial charge in [-0.25, -0.2) is 0 Å². The molecule has 0 saturated carbocycles. The molecule has 1 heterocycles. The Morgan fingerprint density at radius 2 is 1.87 bits per heavy atom. The molecule has 1 fully saturated rings. The summed E-state index contributed by atoms with van der Waals surface area (Å²) in [6, 6.07) is 13.6. The Hall–Kier alpha value is -2.33. The van der Waals surface area contributed by atoms with Crippen LogP contribution in [0.3, 0.4) is 0 Å². The predicted octanol–water partition coefficient (Wildman–Crippen LogP) is 3.75. The number of methoxy groups -OCH3 is 1. The minimum Gasteiger partial charge on any atom is -0.504 e. The van der Waals surface area contributed by atoms with Crippen LogP contribution in [-0.4, -0.2) is 36.4 Å². The number of nitrogens with zero attached hydrogens (tertiary/aromatic N) is 2. The minimum atomic E-state index is 0.115. The van der Waals surface area contributed by atoms with Gasteiger partial charge in [0.1, 0.15) is 0 Å². The summed E-state index contributed by atoms with van der Waals surface area (Å²) in [5.41, 5.74) is 2.83. The molecule has 0 aromatic heterocycles. The molecule has 0 amide bonds. The number of phenols is 1. The number of aromatic hydroxyl groups is 1. The molecule has 2 aromatic carbocycles. The molecule has 1 saturated heterocycles. The van der Waals surface area contributed by atoms with Crippen LogP contribution in [0.25, 0.3) is 0 Å². The van der Waals surface area contributed by atoms with E-state index in [9.17, 15) is 5.11 Å². The van der Waals surface area contributed by atoms with Gasteiger partial charge in [-0.05, 0) is 55.8 Å². The summed E-state index contributed by atoms with van der Waals surface area (Å²) in [5.74, 6) is 0.569. The maximum Gasteiger partial charge on any atom is 0.166 e. The van der Waals surface area contributed by atoms with E-state index in [-0.39, 0.29) is 5.75 Å². The highest BCUT2D eigenvalue weighted by molar-refractivity contribution is 5.86. The topological polar surface area (TPSA) is 45.1 Å². The van der Waals surface area contributed by atoms with Crippen molar-refractivity contribution in [1.82, 2.24) is 4.90 Å². The lowest BCUT2D eigenvalue weighted by Gasteiger charge is -2.14. The SMILES string of the molecule is COc1cccc(C=Nc2ccc(CN3CCCC3)cc2)c1O. The van der Waals surface area contributed by atoms with Crippen molar-refractivity contribution in [2.45, 2.75) is 19.4 Å². The van der Waals surface area contributed by atoms with Gasteiger partial charge in [-0.2, -0.15) is 0 Å². The van der Waals surface area contributed by atoms with E-state index < -0.39 is 0 Å². The first-order chi connectivity index (χ1) is 11.3. The van der Waals surface area contributed by atoms with Crippen LogP contribution in [0.5, 0.6) is 11.5 Å². The van der Waals surface area contributed by atoms with E-state index in [1.54, 1.807) is 12.3 Å². The zero-order valence-electron chi connectivity index (χ0n) is 13.4. The van der Waals surface area contributed by atoms with Crippen molar-refractivity contribution in [1.29, 1.82) is 0 Å². The molecular formula is C19H22N2O2. The second-order valence-corrected chi connectivity index (χ2v) is 5.81. The van der Waals surface area contributed by atoms with Crippen molar-refractivity contribution in [3.05, 3.63) is 53.6 Å². The first-order valence-corrected chi connectivity index (χ1v) is 7.97. The largest absolute Gasteiger partial charge is 0.504 e. The van der Waals surface area contributed by atoms with E-state index in [0.717, 1.165) is 12.2 Å². The quantitative estimate of drug-likeness (QED) is 0.856. The van der Waals surface area contributed by atoms with Gasteiger partial charge in [0.05, 0.1) is 12.8 Å². The molecule has 23 heavy (non-hydrogen) atoms. The molecule has 1 N–H and O–H groups in total. The number of para-hydroxylation sites is 1. The maximum absolute atomic E-state index is 10.0. The number of phenolic OH excluding ortho intramolecular Hbond substituents is 1. The van der Waals surface area contributed by atoms with Gasteiger partial charge in [0.25, 0.3) is 0 Å². The number of rotatable bonds is 5. The molecular weight excluding hydrogens is 288 g/mol. The Morgan fingerprint density at radius 3 is 2.57 bits per heavy atom. The first-order valence-electron chi connectivity index (χ1n) is 7.97. The average molecular weight is 310 g/mol. The highest BCUT2D eigenvalue weighted by Crippen LogP contribution is 2.28. The van der Waals surface area contributed by atoms with Crippen LogP contribution in [0.2, 0.25) is 0 Å². The fourth-order valence-corrected chi connectivity index (χ4v) is 2.84. The first kappa shape index (κ1) is 15.6. The lowest BCUT2D eigenvalue weighted by atomic mass is 10.2. The number of likely N-dealkylation sites (tertiary alicyclic amines) is 1. The molecule has 0 spiro atoms. The zero-order chi connectivity index (χ0) is 16.1. The van der Waals surface area contributed by atoms with E-state index in [1.807, 2.05) is 24.3 Å².